The highest BCUT2D eigenvalue weighted by atomic mass is 32.2. The van der Waals surface area contributed by atoms with Crippen molar-refractivity contribution >= 4 is 32.5 Å². The van der Waals surface area contributed by atoms with Gasteiger partial charge in [0, 0.05) is 35.0 Å². The first-order valence-electron chi connectivity index (χ1n) is 10.0. The second kappa shape index (κ2) is 8.12. The van der Waals surface area contributed by atoms with Crippen molar-refractivity contribution < 1.29 is 22.2 Å². The van der Waals surface area contributed by atoms with Crippen molar-refractivity contribution in [1.82, 2.24) is 14.1 Å². The number of sulfonamides is 1. The molecule has 31 heavy (non-hydrogen) atoms. The normalized spacial score (nSPS) is 19.9. The van der Waals surface area contributed by atoms with E-state index in [0.717, 1.165) is 11.3 Å². The summed E-state index contributed by atoms with van der Waals surface area (Å²) in [6.45, 7) is 7.31. The van der Waals surface area contributed by atoms with Crippen LogP contribution in [0.15, 0.2) is 29.2 Å². The van der Waals surface area contributed by atoms with Crippen molar-refractivity contribution in [2.75, 3.05) is 31.6 Å². The topological polar surface area (TPSA) is 111 Å². The smallest absolute Gasteiger partial charge is 0.256 e. The zero-order chi connectivity index (χ0) is 22.4. The van der Waals surface area contributed by atoms with Gasteiger partial charge in [-0.1, -0.05) is 0 Å². The molecule has 168 valence electrons. The Morgan fingerprint density at radius 1 is 1.13 bits per heavy atom. The van der Waals surface area contributed by atoms with Gasteiger partial charge in [0.05, 0.1) is 40.8 Å². The van der Waals surface area contributed by atoms with Gasteiger partial charge in [0.2, 0.25) is 10.0 Å². The molecule has 1 N–H and O–H groups in total. The quantitative estimate of drug-likeness (QED) is 0.734. The number of aromatic nitrogens is 2. The van der Waals surface area contributed by atoms with Crippen molar-refractivity contribution in [2.24, 2.45) is 0 Å². The van der Waals surface area contributed by atoms with Gasteiger partial charge < -0.3 is 10.1 Å². The van der Waals surface area contributed by atoms with Gasteiger partial charge in [-0.15, -0.1) is 0 Å². The monoisotopic (exact) mass is 466 g/mol. The fraction of sp³-hybridized carbons (Fsp3) is 0.500. The van der Waals surface area contributed by atoms with Crippen molar-refractivity contribution in [3.8, 4) is 0 Å². The Balaban J connectivity index is 1.57. The third-order valence-corrected chi connectivity index (χ3v) is 8.38. The van der Waals surface area contributed by atoms with Crippen molar-refractivity contribution in [3.63, 3.8) is 0 Å². The third-order valence-electron chi connectivity index (χ3n) is 5.26. The Hall–Kier alpha value is -2.08. The molecule has 2 aliphatic heterocycles. The number of benzene rings is 1. The summed E-state index contributed by atoms with van der Waals surface area (Å²) in [5.41, 5.74) is 1.50. The van der Waals surface area contributed by atoms with Crippen LogP contribution < -0.4 is 5.32 Å². The fourth-order valence-corrected chi connectivity index (χ4v) is 6.31. The summed E-state index contributed by atoms with van der Waals surface area (Å²) >= 11 is 0. The van der Waals surface area contributed by atoms with Gasteiger partial charge in [0.25, 0.3) is 5.91 Å². The number of fused-ring (bicyclic) bond motifs is 1. The maximum Gasteiger partial charge on any atom is 0.256 e. The molecule has 0 radical (unpaired) electrons. The van der Waals surface area contributed by atoms with Crippen LogP contribution in [0.1, 0.15) is 42.4 Å². The first kappa shape index (κ1) is 22.1. The minimum absolute atomic E-state index is 0.141. The number of nitrogens with zero attached hydrogens (tertiary/aromatic N) is 3. The zero-order valence-electron chi connectivity index (χ0n) is 17.8. The van der Waals surface area contributed by atoms with Crippen LogP contribution in [0.5, 0.6) is 0 Å². The number of carbonyl (C=O) groups is 1. The van der Waals surface area contributed by atoms with Crippen molar-refractivity contribution in [2.45, 2.75) is 42.7 Å². The lowest BCUT2D eigenvalue weighted by Crippen LogP contribution is -2.40. The maximum atomic E-state index is 12.9. The standard InChI is InChI=1S/C20H26N4O5S2/c1-20(2,3)24-18(16-12-30(26)13-17(16)22-24)21-19(25)14-4-6-15(7-5-14)31(27,28)23-8-10-29-11-9-23/h4-7H,8-13H2,1-3H3,(H,21,25)/t30-/m0/s1. The summed E-state index contributed by atoms with van der Waals surface area (Å²) in [5.74, 6) is 0.914. The van der Waals surface area contributed by atoms with E-state index in [1.165, 1.54) is 28.6 Å². The van der Waals surface area contributed by atoms with E-state index in [0.29, 0.717) is 49.2 Å². The first-order valence-corrected chi connectivity index (χ1v) is 13.0. The summed E-state index contributed by atoms with van der Waals surface area (Å²) in [5, 5.41) is 7.48. The minimum Gasteiger partial charge on any atom is -0.379 e. The number of hydrogen-bond donors (Lipinski definition) is 1. The van der Waals surface area contributed by atoms with Gasteiger partial charge in [-0.3, -0.25) is 9.00 Å². The third kappa shape index (κ3) is 4.32. The molecule has 2 aliphatic rings. The highest BCUT2D eigenvalue weighted by molar-refractivity contribution is 7.89. The van der Waals surface area contributed by atoms with Crippen LogP contribution >= 0.6 is 0 Å². The molecule has 3 heterocycles. The molecule has 0 spiro atoms. The van der Waals surface area contributed by atoms with Crippen LogP contribution in [0.2, 0.25) is 0 Å². The van der Waals surface area contributed by atoms with Gasteiger partial charge >= 0.3 is 0 Å². The fourth-order valence-electron chi connectivity index (χ4n) is 3.64. The molecule has 1 fully saturated rings. The zero-order valence-corrected chi connectivity index (χ0v) is 19.4. The number of ether oxygens (including phenoxy) is 1. The molecule has 9 nitrogen and oxygen atoms in total. The molecule has 4 rings (SSSR count). The Labute approximate surface area is 184 Å². The molecule has 0 unspecified atom stereocenters. The van der Waals surface area contributed by atoms with Gasteiger partial charge in [-0.2, -0.15) is 9.40 Å². The second-order valence-corrected chi connectivity index (χ2v) is 12.0. The average molecular weight is 467 g/mol. The molecule has 11 heteroatoms. The number of morpholine rings is 1. The molecule has 1 saturated heterocycles. The maximum absolute atomic E-state index is 12.9. The van der Waals surface area contributed by atoms with Crippen molar-refractivity contribution in [1.29, 1.82) is 0 Å². The largest absolute Gasteiger partial charge is 0.379 e. The molecule has 2 aromatic rings. The predicted octanol–water partition coefficient (Wildman–Crippen LogP) is 1.67. The Morgan fingerprint density at radius 2 is 1.77 bits per heavy atom. The van der Waals surface area contributed by atoms with Gasteiger partial charge in [-0.25, -0.2) is 13.1 Å². The highest BCUT2D eigenvalue weighted by Gasteiger charge is 2.32. The van der Waals surface area contributed by atoms with E-state index < -0.39 is 20.8 Å². The van der Waals surface area contributed by atoms with Gasteiger partial charge in [0.15, 0.2) is 0 Å². The molecule has 1 aromatic heterocycles. The van der Waals surface area contributed by atoms with Crippen LogP contribution in [0.4, 0.5) is 5.82 Å². The Morgan fingerprint density at radius 3 is 2.39 bits per heavy atom. The Bertz CT molecular complexity index is 1130. The highest BCUT2D eigenvalue weighted by Crippen LogP contribution is 2.33. The number of nitrogens with one attached hydrogen (secondary N) is 1. The van der Waals surface area contributed by atoms with Crippen LogP contribution in [-0.2, 0) is 42.6 Å². The lowest BCUT2D eigenvalue weighted by atomic mass is 10.1. The van der Waals surface area contributed by atoms with E-state index in [-0.39, 0.29) is 16.3 Å². The number of amides is 1. The van der Waals surface area contributed by atoms with Crippen LogP contribution in [0.25, 0.3) is 0 Å². The lowest BCUT2D eigenvalue weighted by molar-refractivity contribution is 0.0730. The number of rotatable bonds is 4. The van der Waals surface area contributed by atoms with E-state index in [2.05, 4.69) is 10.4 Å². The molecular formula is C20H26N4O5S2. The number of carbonyl (C=O) groups excluding carboxylic acids is 1. The SMILES string of the molecule is CC(C)(C)n1nc2c(c1NC(=O)c1ccc(S(=O)(=O)N3CCOCC3)cc1)C[S@](=O)C2. The molecule has 0 saturated carbocycles. The number of anilines is 1. The summed E-state index contributed by atoms with van der Waals surface area (Å²) < 4.78 is 45.9. The average Bonchev–Trinajstić information content (AvgIpc) is 3.25. The Kier molecular flexibility index (Phi) is 5.80. The minimum atomic E-state index is -3.62. The lowest BCUT2D eigenvalue weighted by Gasteiger charge is -2.26. The first-order chi connectivity index (χ1) is 14.6. The molecule has 1 atom stereocenters. The van der Waals surface area contributed by atoms with Crippen molar-refractivity contribution in [3.05, 3.63) is 41.1 Å². The predicted molar refractivity (Wildman–Crippen MR) is 117 cm³/mol. The van der Waals surface area contributed by atoms with E-state index in [9.17, 15) is 17.4 Å². The molecule has 1 amide bonds. The summed E-state index contributed by atoms with van der Waals surface area (Å²) in [6, 6.07) is 5.89. The van der Waals surface area contributed by atoms with Gasteiger partial charge in [-0.05, 0) is 45.0 Å². The molecule has 0 aliphatic carbocycles. The van der Waals surface area contributed by atoms with E-state index in [1.807, 2.05) is 20.8 Å². The molecular weight excluding hydrogens is 440 g/mol. The van der Waals surface area contributed by atoms with E-state index in [1.54, 1.807) is 4.68 Å². The van der Waals surface area contributed by atoms with E-state index in [4.69, 9.17) is 4.74 Å². The van der Waals surface area contributed by atoms with E-state index >= 15 is 0 Å². The van der Waals surface area contributed by atoms with Crippen LogP contribution in [-0.4, -0.2) is 58.9 Å². The second-order valence-electron chi connectivity index (χ2n) is 8.58. The molecule has 0 bridgehead atoms. The van der Waals surface area contributed by atoms with Gasteiger partial charge in [0.1, 0.15) is 5.82 Å². The van der Waals surface area contributed by atoms with Crippen LogP contribution in [0, 0.1) is 0 Å². The summed E-state index contributed by atoms with van der Waals surface area (Å²) in [7, 11) is -4.64. The summed E-state index contributed by atoms with van der Waals surface area (Å²) in [4.78, 5) is 13.1. The summed E-state index contributed by atoms with van der Waals surface area (Å²) in [6.07, 6.45) is 0. The van der Waals surface area contributed by atoms with Crippen LogP contribution in [0.3, 0.4) is 0 Å². The molecule has 1 aromatic carbocycles. The number of hydrogen-bond acceptors (Lipinski definition) is 6.